The zero-order valence-electron chi connectivity index (χ0n) is 31.3. The Bertz CT molecular complexity index is 1220. The molecular formula is C46H72N2. The molecule has 0 spiro atoms. The normalized spacial score (nSPS) is 11.7. The molecule has 0 heterocycles. The van der Waals surface area contributed by atoms with Gasteiger partial charge in [-0.05, 0) is 104 Å². The Morgan fingerprint density at radius 3 is 1.21 bits per heavy atom. The fraction of sp³-hybridized carbons (Fsp3) is 0.565. The minimum absolute atomic E-state index is 0.747. The van der Waals surface area contributed by atoms with E-state index in [2.05, 4.69) is 87.7 Å². The summed E-state index contributed by atoms with van der Waals surface area (Å²) in [5, 5.41) is 0. The van der Waals surface area contributed by atoms with Crippen LogP contribution in [0, 0.1) is 0 Å². The highest BCUT2D eigenvalue weighted by Crippen LogP contribution is 2.22. The van der Waals surface area contributed by atoms with Crippen molar-refractivity contribution in [2.24, 2.45) is 11.5 Å². The lowest BCUT2D eigenvalue weighted by atomic mass is 9.94. The molecule has 0 saturated carbocycles. The highest BCUT2D eigenvalue weighted by molar-refractivity contribution is 5.57. The molecule has 0 aliphatic rings. The van der Waals surface area contributed by atoms with Crippen LogP contribution in [0.4, 0.5) is 0 Å². The van der Waals surface area contributed by atoms with Crippen LogP contribution < -0.4 is 11.5 Å². The maximum absolute atomic E-state index is 5.85. The number of benzene rings is 2. The summed E-state index contributed by atoms with van der Waals surface area (Å²) in [4.78, 5) is 0. The third kappa shape index (κ3) is 18.8. The summed E-state index contributed by atoms with van der Waals surface area (Å²) in [7, 11) is 0. The number of aryl methyl sites for hydroxylation is 4. The van der Waals surface area contributed by atoms with Gasteiger partial charge in [0.25, 0.3) is 0 Å². The van der Waals surface area contributed by atoms with Gasteiger partial charge in [0.1, 0.15) is 0 Å². The van der Waals surface area contributed by atoms with E-state index in [-0.39, 0.29) is 0 Å². The molecule has 0 radical (unpaired) electrons. The second-order valence-electron chi connectivity index (χ2n) is 14.1. The number of hydrogen-bond donors (Lipinski definition) is 2. The largest absolute Gasteiger partial charge is 0.330 e. The summed E-state index contributed by atoms with van der Waals surface area (Å²) < 4.78 is 0. The van der Waals surface area contributed by atoms with E-state index >= 15 is 0 Å². The first kappa shape index (κ1) is 41.5. The molecule has 4 N–H and O–H groups in total. The van der Waals surface area contributed by atoms with Gasteiger partial charge in [-0.2, -0.15) is 0 Å². The number of hydrogen-bond acceptors (Lipinski definition) is 2. The average molecular weight is 653 g/mol. The van der Waals surface area contributed by atoms with Crippen LogP contribution in [0.15, 0.2) is 72.9 Å². The van der Waals surface area contributed by atoms with Gasteiger partial charge in [0.05, 0.1) is 0 Å². The van der Waals surface area contributed by atoms with Gasteiger partial charge in [-0.3, -0.25) is 0 Å². The van der Waals surface area contributed by atoms with Crippen LogP contribution in [-0.2, 0) is 25.7 Å². The summed E-state index contributed by atoms with van der Waals surface area (Å²) in [6, 6.07) is 13.9. The molecule has 0 unspecified atom stereocenters. The summed E-state index contributed by atoms with van der Waals surface area (Å²) in [5.74, 6) is 0. The Balaban J connectivity index is 1.93. The quantitative estimate of drug-likeness (QED) is 0.0678. The van der Waals surface area contributed by atoms with E-state index in [0.29, 0.717) is 0 Å². The van der Waals surface area contributed by atoms with E-state index in [4.69, 9.17) is 11.5 Å². The topological polar surface area (TPSA) is 52.0 Å². The molecule has 0 amide bonds. The highest BCUT2D eigenvalue weighted by atomic mass is 14.5. The SMILES string of the molecule is C=C(/C=C/c1ccc(CCCN)c(CCCCCCCCC)c1)CC(=C)/C=C/c1ccc(CCCN)c(CCCCCCCCCC)c1. The standard InChI is InChI=1S/C46H72N2/c1-5-7-9-11-13-15-17-19-23-46-38-42(31-33-44(46)25-21-35-48)29-27-40(4)36-39(3)26-28-41-30-32-43(24-20-34-47)45(37-41)22-18-16-14-12-10-8-6-2/h26-33,37-38H,3-25,34-36,47-48H2,1-2H3/b28-26+,29-27+. The van der Waals surface area contributed by atoms with E-state index in [0.717, 1.165) is 69.2 Å². The Hall–Kier alpha value is -2.68. The van der Waals surface area contributed by atoms with Crippen LogP contribution in [0.25, 0.3) is 12.2 Å². The van der Waals surface area contributed by atoms with Crippen LogP contribution in [0.1, 0.15) is 163 Å². The van der Waals surface area contributed by atoms with E-state index in [1.165, 1.54) is 130 Å². The summed E-state index contributed by atoms with van der Waals surface area (Å²) in [6.07, 6.45) is 36.3. The van der Waals surface area contributed by atoms with E-state index in [1.54, 1.807) is 0 Å². The fourth-order valence-corrected chi connectivity index (χ4v) is 6.60. The fourth-order valence-electron chi connectivity index (χ4n) is 6.60. The monoisotopic (exact) mass is 653 g/mol. The molecule has 2 aromatic rings. The van der Waals surface area contributed by atoms with Crippen molar-refractivity contribution >= 4 is 12.2 Å². The van der Waals surface area contributed by atoms with E-state index < -0.39 is 0 Å². The molecule has 2 rings (SSSR count). The molecule has 0 atom stereocenters. The molecule has 0 aliphatic carbocycles. The van der Waals surface area contributed by atoms with Crippen molar-refractivity contribution in [3.8, 4) is 0 Å². The molecule has 0 aliphatic heterocycles. The lowest BCUT2D eigenvalue weighted by molar-refractivity contribution is 0.575. The van der Waals surface area contributed by atoms with Crippen LogP contribution in [0.3, 0.4) is 0 Å². The van der Waals surface area contributed by atoms with Gasteiger partial charge < -0.3 is 11.5 Å². The third-order valence-electron chi connectivity index (χ3n) is 9.59. The average Bonchev–Trinajstić information content (AvgIpc) is 3.09. The lowest BCUT2D eigenvalue weighted by Crippen LogP contribution is -2.03. The molecule has 266 valence electrons. The van der Waals surface area contributed by atoms with Gasteiger partial charge in [0.2, 0.25) is 0 Å². The predicted molar refractivity (Wildman–Crippen MR) is 217 cm³/mol. The molecule has 48 heavy (non-hydrogen) atoms. The van der Waals surface area contributed by atoms with Crippen molar-refractivity contribution < 1.29 is 0 Å². The number of unbranched alkanes of at least 4 members (excludes halogenated alkanes) is 13. The molecule has 2 nitrogen and oxygen atoms in total. The van der Waals surface area contributed by atoms with Crippen molar-refractivity contribution in [2.45, 2.75) is 155 Å². The summed E-state index contributed by atoms with van der Waals surface area (Å²) >= 11 is 0. The van der Waals surface area contributed by atoms with Gasteiger partial charge in [0.15, 0.2) is 0 Å². The molecule has 2 heteroatoms. The second-order valence-corrected chi connectivity index (χ2v) is 14.1. The van der Waals surface area contributed by atoms with Crippen molar-refractivity contribution in [1.82, 2.24) is 0 Å². The maximum atomic E-state index is 5.85. The lowest BCUT2D eigenvalue weighted by Gasteiger charge is -2.11. The zero-order chi connectivity index (χ0) is 34.7. The maximum Gasteiger partial charge on any atom is -0.00375 e. The van der Waals surface area contributed by atoms with Gasteiger partial charge >= 0.3 is 0 Å². The van der Waals surface area contributed by atoms with Crippen molar-refractivity contribution in [2.75, 3.05) is 13.1 Å². The zero-order valence-corrected chi connectivity index (χ0v) is 31.3. The van der Waals surface area contributed by atoms with Crippen LogP contribution in [0.5, 0.6) is 0 Å². The van der Waals surface area contributed by atoms with Gasteiger partial charge in [0, 0.05) is 0 Å². The highest BCUT2D eigenvalue weighted by Gasteiger charge is 2.06. The van der Waals surface area contributed by atoms with Crippen molar-refractivity contribution in [3.05, 3.63) is 106 Å². The first-order valence-electron chi connectivity index (χ1n) is 19.9. The Morgan fingerprint density at radius 1 is 0.479 bits per heavy atom. The Morgan fingerprint density at radius 2 is 0.833 bits per heavy atom. The van der Waals surface area contributed by atoms with Crippen LogP contribution in [-0.4, -0.2) is 13.1 Å². The number of rotatable bonds is 29. The smallest absolute Gasteiger partial charge is 0.00375 e. The van der Waals surface area contributed by atoms with Gasteiger partial charge in [-0.25, -0.2) is 0 Å². The van der Waals surface area contributed by atoms with E-state index in [9.17, 15) is 0 Å². The molecule has 0 aromatic heterocycles. The summed E-state index contributed by atoms with van der Waals surface area (Å²) in [6.45, 7) is 14.8. The number of nitrogens with two attached hydrogens (primary N) is 2. The summed E-state index contributed by atoms with van der Waals surface area (Å²) in [5.41, 5.74) is 22.3. The minimum atomic E-state index is 0.747. The molecule has 0 bridgehead atoms. The Kier molecular flexibility index (Phi) is 23.5. The predicted octanol–water partition coefficient (Wildman–Crippen LogP) is 12.7. The second kappa shape index (κ2) is 27.2. The molecule has 0 fully saturated rings. The van der Waals surface area contributed by atoms with Crippen LogP contribution in [0.2, 0.25) is 0 Å². The molecular weight excluding hydrogens is 581 g/mol. The van der Waals surface area contributed by atoms with Gasteiger partial charge in [-0.15, -0.1) is 0 Å². The van der Waals surface area contributed by atoms with Crippen molar-refractivity contribution in [3.63, 3.8) is 0 Å². The molecule has 2 aromatic carbocycles. The van der Waals surface area contributed by atoms with Gasteiger partial charge in [-0.1, -0.05) is 182 Å². The van der Waals surface area contributed by atoms with Crippen LogP contribution >= 0.6 is 0 Å². The first-order valence-corrected chi connectivity index (χ1v) is 19.9. The molecule has 0 saturated heterocycles. The van der Waals surface area contributed by atoms with Crippen molar-refractivity contribution in [1.29, 1.82) is 0 Å². The number of allylic oxidation sites excluding steroid dienone is 4. The van der Waals surface area contributed by atoms with E-state index in [1.807, 2.05) is 0 Å². The first-order chi connectivity index (χ1) is 23.5. The Labute approximate surface area is 297 Å². The third-order valence-corrected chi connectivity index (χ3v) is 9.59. The minimum Gasteiger partial charge on any atom is -0.330 e.